The fourth-order valence-electron chi connectivity index (χ4n) is 2.51. The second-order valence-corrected chi connectivity index (χ2v) is 6.43. The second kappa shape index (κ2) is 8.46. The molecule has 6 nitrogen and oxygen atoms in total. The van der Waals surface area contributed by atoms with Crippen LogP contribution in [-0.2, 0) is 4.74 Å². The summed E-state index contributed by atoms with van der Waals surface area (Å²) in [6.45, 7) is 5.33. The molecular weight excluding hydrogens is 358 g/mol. The summed E-state index contributed by atoms with van der Waals surface area (Å²) < 4.78 is 5.80. The summed E-state index contributed by atoms with van der Waals surface area (Å²) in [5.41, 5.74) is 5.61. The minimum absolute atomic E-state index is 0.0944. The molecule has 0 aliphatic carbocycles. The van der Waals surface area contributed by atoms with E-state index in [1.54, 1.807) is 11.8 Å². The predicted molar refractivity (Wildman–Crippen MR) is 112 cm³/mol. The van der Waals surface area contributed by atoms with Crippen LogP contribution in [0.1, 0.15) is 18.1 Å². The number of aliphatic imine (C=N–C) groups is 2. The fourth-order valence-corrected chi connectivity index (χ4v) is 3.16. The van der Waals surface area contributed by atoms with Gasteiger partial charge in [0, 0.05) is 21.7 Å². The molecule has 0 bridgehead atoms. The average molecular weight is 377 g/mol. The number of thioether (sulfide) groups is 1. The van der Waals surface area contributed by atoms with Crippen molar-refractivity contribution in [3.63, 3.8) is 0 Å². The lowest BCUT2D eigenvalue weighted by Crippen LogP contribution is -2.11. The van der Waals surface area contributed by atoms with Gasteiger partial charge in [-0.25, -0.2) is 15.4 Å². The predicted octanol–water partition coefficient (Wildman–Crippen LogP) is 4.05. The third kappa shape index (κ3) is 4.15. The lowest BCUT2D eigenvalue weighted by atomic mass is 10.1. The van der Waals surface area contributed by atoms with Gasteiger partial charge in [-0.1, -0.05) is 36.4 Å². The Hall–Kier alpha value is -3.19. The minimum Gasteiger partial charge on any atom is -0.417 e. The molecule has 3 rings (SSSR count). The number of amidine groups is 1. The van der Waals surface area contributed by atoms with Gasteiger partial charge < -0.3 is 4.74 Å². The van der Waals surface area contributed by atoms with Gasteiger partial charge in [-0.15, -0.1) is 16.9 Å². The Labute approximate surface area is 162 Å². The van der Waals surface area contributed by atoms with Gasteiger partial charge in [0.2, 0.25) is 11.8 Å². The Morgan fingerprint density at radius 3 is 2.56 bits per heavy atom. The topological polar surface area (TPSA) is 82.2 Å². The lowest BCUT2D eigenvalue weighted by Gasteiger charge is -2.09. The summed E-state index contributed by atoms with van der Waals surface area (Å²) in [5, 5.41) is 12.3. The SMILES string of the molecule is C=NC(=N)C(N=C(C)c1ccccc1SC)=C1NN=C(c2ccccc2)O1. The monoisotopic (exact) mass is 377 g/mol. The molecule has 0 radical (unpaired) electrons. The minimum atomic E-state index is -0.0944. The summed E-state index contributed by atoms with van der Waals surface area (Å²) in [6.07, 6.45) is 2.01. The van der Waals surface area contributed by atoms with E-state index in [0.29, 0.717) is 5.90 Å². The van der Waals surface area contributed by atoms with Crippen LogP contribution in [0.5, 0.6) is 0 Å². The molecule has 7 heteroatoms. The molecule has 1 heterocycles. The first-order valence-electron chi connectivity index (χ1n) is 8.19. The first-order chi connectivity index (χ1) is 13.1. The van der Waals surface area contributed by atoms with Gasteiger partial charge in [-0.2, -0.15) is 0 Å². The van der Waals surface area contributed by atoms with Crippen molar-refractivity contribution in [3.05, 3.63) is 77.3 Å². The van der Waals surface area contributed by atoms with E-state index < -0.39 is 0 Å². The van der Waals surface area contributed by atoms with Crippen LogP contribution < -0.4 is 5.43 Å². The molecule has 0 aromatic heterocycles. The highest BCUT2D eigenvalue weighted by Crippen LogP contribution is 2.23. The van der Waals surface area contributed by atoms with Crippen molar-refractivity contribution in [2.45, 2.75) is 11.8 Å². The van der Waals surface area contributed by atoms with Gasteiger partial charge >= 0.3 is 0 Å². The van der Waals surface area contributed by atoms with Gasteiger partial charge in [0.1, 0.15) is 0 Å². The molecule has 0 spiro atoms. The summed E-state index contributed by atoms with van der Waals surface area (Å²) in [7, 11) is 0. The van der Waals surface area contributed by atoms with Crippen LogP contribution in [-0.4, -0.2) is 30.4 Å². The van der Waals surface area contributed by atoms with Crippen molar-refractivity contribution in [2.75, 3.05) is 6.26 Å². The standard InChI is InChI=1S/C20H19N5OS/c1-13(15-11-7-8-12-16(15)27-3)23-17(18(21)22-2)20-25-24-19(26-20)14-9-5-4-6-10-14/h4-12,21,25H,2H2,1,3H3. The molecule has 2 aromatic carbocycles. The molecular formula is C20H19N5OS. The molecule has 0 saturated carbocycles. The summed E-state index contributed by atoms with van der Waals surface area (Å²) in [4.78, 5) is 9.41. The van der Waals surface area contributed by atoms with Crippen LogP contribution in [0.25, 0.3) is 0 Å². The van der Waals surface area contributed by atoms with Gasteiger partial charge in [0.25, 0.3) is 0 Å². The highest BCUT2D eigenvalue weighted by Gasteiger charge is 2.22. The Balaban J connectivity index is 1.97. The number of hydrogen-bond donors (Lipinski definition) is 2. The normalized spacial score (nSPS) is 15.5. The molecule has 1 aliphatic rings. The zero-order valence-corrected chi connectivity index (χ0v) is 15.9. The van der Waals surface area contributed by atoms with Crippen molar-refractivity contribution < 1.29 is 4.74 Å². The molecule has 0 amide bonds. The highest BCUT2D eigenvalue weighted by molar-refractivity contribution is 7.98. The molecule has 0 saturated heterocycles. The molecule has 0 atom stereocenters. The van der Waals surface area contributed by atoms with Gasteiger partial charge in [-0.05, 0) is 38.1 Å². The smallest absolute Gasteiger partial charge is 0.245 e. The highest BCUT2D eigenvalue weighted by atomic mass is 32.2. The van der Waals surface area contributed by atoms with Crippen LogP contribution in [0.15, 0.2) is 86.2 Å². The first-order valence-corrected chi connectivity index (χ1v) is 9.42. The second-order valence-electron chi connectivity index (χ2n) is 5.58. The van der Waals surface area contributed by atoms with Crippen LogP contribution in [0.2, 0.25) is 0 Å². The van der Waals surface area contributed by atoms with E-state index in [9.17, 15) is 0 Å². The van der Waals surface area contributed by atoms with Crippen LogP contribution >= 0.6 is 11.8 Å². The molecule has 136 valence electrons. The molecule has 1 aliphatic heterocycles. The largest absolute Gasteiger partial charge is 0.417 e. The van der Waals surface area contributed by atoms with Crippen molar-refractivity contribution >= 4 is 35.9 Å². The average Bonchev–Trinajstić information content (AvgIpc) is 3.21. The molecule has 27 heavy (non-hydrogen) atoms. The van der Waals surface area contributed by atoms with Crippen molar-refractivity contribution in [2.24, 2.45) is 15.1 Å². The Morgan fingerprint density at radius 2 is 1.85 bits per heavy atom. The van der Waals surface area contributed by atoms with Crippen molar-refractivity contribution in [1.82, 2.24) is 5.43 Å². The summed E-state index contributed by atoms with van der Waals surface area (Å²) in [6, 6.07) is 17.5. The third-order valence-electron chi connectivity index (χ3n) is 3.85. The van der Waals surface area contributed by atoms with Gasteiger partial charge in [0.15, 0.2) is 11.5 Å². The number of nitrogens with zero attached hydrogens (tertiary/aromatic N) is 3. The van der Waals surface area contributed by atoms with E-state index in [4.69, 9.17) is 10.1 Å². The van der Waals surface area contributed by atoms with Crippen LogP contribution in [0.4, 0.5) is 0 Å². The zero-order valence-electron chi connectivity index (χ0n) is 15.1. The molecule has 2 aromatic rings. The summed E-state index contributed by atoms with van der Waals surface area (Å²) >= 11 is 1.64. The zero-order chi connectivity index (χ0) is 19.2. The summed E-state index contributed by atoms with van der Waals surface area (Å²) in [5.74, 6) is 0.576. The van der Waals surface area contributed by atoms with E-state index in [1.165, 1.54) is 0 Å². The lowest BCUT2D eigenvalue weighted by molar-refractivity contribution is 0.412. The number of benzene rings is 2. The van der Waals surface area contributed by atoms with Crippen molar-refractivity contribution in [1.29, 1.82) is 5.41 Å². The van der Waals surface area contributed by atoms with E-state index in [1.807, 2.05) is 67.8 Å². The molecule has 0 fully saturated rings. The number of hydrogen-bond acceptors (Lipinski definition) is 6. The maximum Gasteiger partial charge on any atom is 0.245 e. The Kier molecular flexibility index (Phi) is 5.83. The number of nitrogens with one attached hydrogen (secondary N) is 2. The number of rotatable bonds is 5. The van der Waals surface area contributed by atoms with E-state index in [-0.39, 0.29) is 17.4 Å². The fraction of sp³-hybridized carbons (Fsp3) is 0.100. The number of ether oxygens (including phenoxy) is 1. The van der Waals surface area contributed by atoms with E-state index in [2.05, 4.69) is 27.2 Å². The molecule has 2 N–H and O–H groups in total. The number of hydrazone groups is 1. The van der Waals surface area contributed by atoms with E-state index in [0.717, 1.165) is 21.7 Å². The molecule has 0 unspecified atom stereocenters. The van der Waals surface area contributed by atoms with Gasteiger partial charge in [-0.3, -0.25) is 5.41 Å². The third-order valence-corrected chi connectivity index (χ3v) is 4.65. The first kappa shape index (κ1) is 18.6. The maximum atomic E-state index is 8.11. The quantitative estimate of drug-likeness (QED) is 0.468. The Morgan fingerprint density at radius 1 is 1.15 bits per heavy atom. The maximum absolute atomic E-state index is 8.11. The van der Waals surface area contributed by atoms with Crippen LogP contribution in [0.3, 0.4) is 0 Å². The van der Waals surface area contributed by atoms with Crippen LogP contribution in [0, 0.1) is 5.41 Å². The Bertz CT molecular complexity index is 963. The van der Waals surface area contributed by atoms with E-state index >= 15 is 0 Å². The van der Waals surface area contributed by atoms with Gasteiger partial charge in [0.05, 0.1) is 0 Å². The van der Waals surface area contributed by atoms with Crippen molar-refractivity contribution in [3.8, 4) is 0 Å².